The Labute approximate surface area is 85.0 Å². The molecular formula is C8H11F3N2O2. The second-order valence-electron chi connectivity index (χ2n) is 3.22. The highest BCUT2D eigenvalue weighted by Gasteiger charge is 2.29. The molecule has 86 valence electrons. The predicted octanol–water partition coefficient (Wildman–Crippen LogP) is 1.39. The van der Waals surface area contributed by atoms with E-state index in [4.69, 9.17) is 5.26 Å². The zero-order valence-electron chi connectivity index (χ0n) is 8.26. The first-order valence-electron chi connectivity index (χ1n) is 4.16. The highest BCUT2D eigenvalue weighted by atomic mass is 19.4. The van der Waals surface area contributed by atoms with Crippen molar-refractivity contribution < 1.29 is 22.8 Å². The Kier molecular flexibility index (Phi) is 5.08. The van der Waals surface area contributed by atoms with Crippen molar-refractivity contribution in [3.63, 3.8) is 0 Å². The quantitative estimate of drug-likeness (QED) is 0.734. The summed E-state index contributed by atoms with van der Waals surface area (Å²) >= 11 is 0. The number of carbonyl (C=O) groups excluding carboxylic acids is 1. The van der Waals surface area contributed by atoms with E-state index in [0.717, 1.165) is 0 Å². The van der Waals surface area contributed by atoms with Crippen LogP contribution in [0.25, 0.3) is 0 Å². The molecule has 4 nitrogen and oxygen atoms in total. The summed E-state index contributed by atoms with van der Waals surface area (Å²) in [6.07, 6.45) is -4.51. The number of alkyl halides is 3. The Bertz CT molecular complexity index is 258. The van der Waals surface area contributed by atoms with E-state index in [1.165, 1.54) is 0 Å². The maximum Gasteiger partial charge on any atom is 0.414 e. The Morgan fingerprint density at radius 1 is 1.53 bits per heavy atom. The SMILES string of the molecule is CC(C)C(C#N)C(=O)NOCC(F)(F)F. The van der Waals surface area contributed by atoms with Gasteiger partial charge in [0.15, 0.2) is 6.61 Å². The molecule has 0 aliphatic heterocycles. The first-order valence-corrected chi connectivity index (χ1v) is 4.16. The topological polar surface area (TPSA) is 62.1 Å². The number of carbonyl (C=O) groups is 1. The molecule has 1 amide bonds. The number of nitrogens with one attached hydrogen (secondary N) is 1. The molecule has 0 aromatic rings. The third kappa shape index (κ3) is 5.91. The van der Waals surface area contributed by atoms with Gasteiger partial charge in [0.2, 0.25) is 0 Å². The van der Waals surface area contributed by atoms with E-state index < -0.39 is 24.6 Å². The van der Waals surface area contributed by atoms with Crippen LogP contribution in [0.4, 0.5) is 13.2 Å². The van der Waals surface area contributed by atoms with Crippen molar-refractivity contribution in [3.8, 4) is 6.07 Å². The molecule has 0 saturated heterocycles. The summed E-state index contributed by atoms with van der Waals surface area (Å²) in [6, 6.07) is 1.68. The average Bonchev–Trinajstić information content (AvgIpc) is 2.01. The number of halogens is 3. The van der Waals surface area contributed by atoms with Gasteiger partial charge in [-0.1, -0.05) is 13.8 Å². The number of hydroxylamine groups is 1. The molecule has 0 aromatic heterocycles. The summed E-state index contributed by atoms with van der Waals surface area (Å²) in [5, 5.41) is 8.54. The van der Waals surface area contributed by atoms with Crippen LogP contribution < -0.4 is 5.48 Å². The van der Waals surface area contributed by atoms with Gasteiger partial charge in [-0.15, -0.1) is 0 Å². The maximum atomic E-state index is 11.6. The lowest BCUT2D eigenvalue weighted by Gasteiger charge is -2.13. The van der Waals surface area contributed by atoms with Gasteiger partial charge in [-0.25, -0.2) is 5.48 Å². The Balaban J connectivity index is 3.99. The van der Waals surface area contributed by atoms with Crippen LogP contribution in [0.15, 0.2) is 0 Å². The lowest BCUT2D eigenvalue weighted by Crippen LogP contribution is -2.35. The molecule has 15 heavy (non-hydrogen) atoms. The van der Waals surface area contributed by atoms with E-state index in [1.807, 2.05) is 0 Å². The third-order valence-corrected chi connectivity index (χ3v) is 1.50. The van der Waals surface area contributed by atoms with Gasteiger partial charge in [0, 0.05) is 0 Å². The van der Waals surface area contributed by atoms with Crippen LogP contribution in [-0.2, 0) is 9.63 Å². The Morgan fingerprint density at radius 3 is 2.40 bits per heavy atom. The van der Waals surface area contributed by atoms with E-state index in [1.54, 1.807) is 25.4 Å². The second kappa shape index (κ2) is 5.56. The molecule has 0 aliphatic rings. The van der Waals surface area contributed by atoms with Gasteiger partial charge in [0.1, 0.15) is 5.92 Å². The molecule has 0 aromatic carbocycles. The zero-order chi connectivity index (χ0) is 12.1. The summed E-state index contributed by atoms with van der Waals surface area (Å²) in [5.74, 6) is -2.17. The molecule has 1 atom stereocenters. The largest absolute Gasteiger partial charge is 0.414 e. The molecule has 7 heteroatoms. The van der Waals surface area contributed by atoms with Crippen LogP contribution in [0.2, 0.25) is 0 Å². The fraction of sp³-hybridized carbons (Fsp3) is 0.750. The van der Waals surface area contributed by atoms with Gasteiger partial charge in [-0.2, -0.15) is 18.4 Å². The Hall–Kier alpha value is -1.29. The Morgan fingerprint density at radius 2 is 2.07 bits per heavy atom. The van der Waals surface area contributed by atoms with E-state index in [-0.39, 0.29) is 5.92 Å². The molecule has 0 aliphatic carbocycles. The van der Waals surface area contributed by atoms with E-state index in [9.17, 15) is 18.0 Å². The number of hydrogen-bond donors (Lipinski definition) is 1. The summed E-state index contributed by atoms with van der Waals surface area (Å²) in [7, 11) is 0. The molecule has 0 saturated carbocycles. The van der Waals surface area contributed by atoms with Crippen molar-refractivity contribution in [2.75, 3.05) is 6.61 Å². The summed E-state index contributed by atoms with van der Waals surface area (Å²) < 4.78 is 34.8. The molecule has 0 heterocycles. The van der Waals surface area contributed by atoms with E-state index >= 15 is 0 Å². The highest BCUT2D eigenvalue weighted by molar-refractivity contribution is 5.80. The molecular weight excluding hydrogens is 213 g/mol. The van der Waals surface area contributed by atoms with E-state index in [0.29, 0.717) is 0 Å². The highest BCUT2D eigenvalue weighted by Crippen LogP contribution is 2.14. The summed E-state index contributed by atoms with van der Waals surface area (Å²) in [4.78, 5) is 15.0. The van der Waals surface area contributed by atoms with Gasteiger partial charge >= 0.3 is 6.18 Å². The van der Waals surface area contributed by atoms with Crippen molar-refractivity contribution in [1.82, 2.24) is 5.48 Å². The van der Waals surface area contributed by atoms with Crippen molar-refractivity contribution in [2.24, 2.45) is 11.8 Å². The minimum atomic E-state index is -4.51. The molecule has 0 bridgehead atoms. The number of hydrogen-bond acceptors (Lipinski definition) is 3. The molecule has 0 radical (unpaired) electrons. The van der Waals surface area contributed by atoms with Crippen molar-refractivity contribution in [2.45, 2.75) is 20.0 Å². The van der Waals surface area contributed by atoms with Crippen LogP contribution in [0.3, 0.4) is 0 Å². The number of nitriles is 1. The third-order valence-electron chi connectivity index (χ3n) is 1.50. The normalized spacial score (nSPS) is 13.4. The van der Waals surface area contributed by atoms with E-state index in [2.05, 4.69) is 4.84 Å². The maximum absolute atomic E-state index is 11.6. The molecule has 0 fully saturated rings. The van der Waals surface area contributed by atoms with Gasteiger partial charge in [0.05, 0.1) is 6.07 Å². The standard InChI is InChI=1S/C8H11F3N2O2/c1-5(2)6(3-12)7(14)13-15-4-8(9,10)11/h5-6H,4H2,1-2H3,(H,13,14). The van der Waals surface area contributed by atoms with Crippen LogP contribution in [0, 0.1) is 23.2 Å². The monoisotopic (exact) mass is 224 g/mol. The van der Waals surface area contributed by atoms with Crippen LogP contribution in [0.1, 0.15) is 13.8 Å². The van der Waals surface area contributed by atoms with Gasteiger partial charge in [-0.3, -0.25) is 9.63 Å². The predicted molar refractivity (Wildman–Crippen MR) is 44.1 cm³/mol. The van der Waals surface area contributed by atoms with Crippen molar-refractivity contribution in [1.29, 1.82) is 5.26 Å². The first kappa shape index (κ1) is 13.7. The molecule has 0 rings (SSSR count). The van der Waals surface area contributed by atoms with Gasteiger partial charge in [-0.05, 0) is 5.92 Å². The molecule has 1 N–H and O–H groups in total. The second-order valence-corrected chi connectivity index (χ2v) is 3.22. The fourth-order valence-corrected chi connectivity index (χ4v) is 0.763. The zero-order valence-corrected chi connectivity index (χ0v) is 8.26. The van der Waals surface area contributed by atoms with Crippen LogP contribution >= 0.6 is 0 Å². The molecule has 0 spiro atoms. The lowest BCUT2D eigenvalue weighted by molar-refractivity contribution is -0.192. The number of amides is 1. The summed E-state index contributed by atoms with van der Waals surface area (Å²) in [6.45, 7) is 1.64. The van der Waals surface area contributed by atoms with Crippen LogP contribution in [0.5, 0.6) is 0 Å². The number of nitrogens with zero attached hydrogens (tertiary/aromatic N) is 1. The van der Waals surface area contributed by atoms with Gasteiger partial charge in [0.25, 0.3) is 5.91 Å². The lowest BCUT2D eigenvalue weighted by atomic mass is 9.97. The first-order chi connectivity index (χ1) is 6.78. The van der Waals surface area contributed by atoms with Crippen LogP contribution in [-0.4, -0.2) is 18.7 Å². The fourth-order valence-electron chi connectivity index (χ4n) is 0.763. The average molecular weight is 224 g/mol. The minimum Gasteiger partial charge on any atom is -0.271 e. The minimum absolute atomic E-state index is 0.288. The van der Waals surface area contributed by atoms with Crippen molar-refractivity contribution in [3.05, 3.63) is 0 Å². The van der Waals surface area contributed by atoms with Crippen molar-refractivity contribution >= 4 is 5.91 Å². The van der Waals surface area contributed by atoms with Gasteiger partial charge < -0.3 is 0 Å². The molecule has 1 unspecified atom stereocenters. The number of rotatable bonds is 4. The smallest absolute Gasteiger partial charge is 0.271 e. The summed E-state index contributed by atoms with van der Waals surface area (Å²) in [5.41, 5.74) is 1.59.